The molecule has 2 atom stereocenters. The number of nitrogens with zero attached hydrogens (tertiary/aromatic N) is 2. The van der Waals surface area contributed by atoms with Gasteiger partial charge in [-0.1, -0.05) is 18.2 Å². The monoisotopic (exact) mass is 278 g/mol. The van der Waals surface area contributed by atoms with Gasteiger partial charge in [-0.05, 0) is 18.9 Å². The lowest BCUT2D eigenvalue weighted by Gasteiger charge is -2.19. The number of hydrogen-bond acceptors (Lipinski definition) is 3. The van der Waals surface area contributed by atoms with Gasteiger partial charge in [-0.25, -0.2) is 9.18 Å². The van der Waals surface area contributed by atoms with E-state index in [1.165, 1.54) is 23.1 Å². The highest BCUT2D eigenvalue weighted by Gasteiger charge is 2.47. The van der Waals surface area contributed by atoms with Crippen LogP contribution in [0, 0.1) is 5.82 Å². The average molecular weight is 278 g/mol. The minimum atomic E-state index is -1.20. The highest BCUT2D eigenvalue weighted by atomic mass is 19.1. The number of carbonyl (C=O) groups excluding carboxylic acids is 2. The summed E-state index contributed by atoms with van der Waals surface area (Å²) in [5.41, 5.74) is 0.0974. The summed E-state index contributed by atoms with van der Waals surface area (Å²) in [4.78, 5) is 26.7. The van der Waals surface area contributed by atoms with E-state index in [4.69, 9.17) is 0 Å². The first-order chi connectivity index (χ1) is 9.59. The number of rotatable bonds is 3. The second-order valence-corrected chi connectivity index (χ2v) is 5.12. The van der Waals surface area contributed by atoms with Crippen molar-refractivity contribution in [1.82, 2.24) is 9.80 Å². The van der Waals surface area contributed by atoms with Crippen molar-refractivity contribution >= 4 is 11.9 Å². The topological polar surface area (TPSA) is 60.9 Å². The molecule has 20 heavy (non-hydrogen) atoms. The van der Waals surface area contributed by atoms with Crippen LogP contribution in [0.5, 0.6) is 0 Å². The van der Waals surface area contributed by atoms with E-state index in [9.17, 15) is 19.1 Å². The van der Waals surface area contributed by atoms with Crippen LogP contribution in [-0.4, -0.2) is 46.0 Å². The van der Waals surface area contributed by atoms with Crippen molar-refractivity contribution in [2.75, 3.05) is 13.1 Å². The number of fused-ring (bicyclic) bond motifs is 1. The quantitative estimate of drug-likeness (QED) is 0.847. The number of benzene rings is 1. The number of aliphatic hydroxyl groups excluding tert-OH is 1. The van der Waals surface area contributed by atoms with Crippen LogP contribution in [0.15, 0.2) is 24.3 Å². The Bertz CT molecular complexity index is 541. The Labute approximate surface area is 115 Å². The molecule has 2 aliphatic heterocycles. The lowest BCUT2D eigenvalue weighted by atomic mass is 10.1. The number of hydrogen-bond donors (Lipinski definition) is 1. The van der Waals surface area contributed by atoms with Gasteiger partial charge in [0, 0.05) is 12.1 Å². The van der Waals surface area contributed by atoms with Crippen LogP contribution in [0.3, 0.4) is 0 Å². The van der Waals surface area contributed by atoms with E-state index < -0.39 is 18.0 Å². The zero-order valence-electron chi connectivity index (χ0n) is 10.8. The van der Waals surface area contributed by atoms with Gasteiger partial charge in [0.05, 0.1) is 12.6 Å². The van der Waals surface area contributed by atoms with E-state index in [1.807, 2.05) is 0 Å². The van der Waals surface area contributed by atoms with E-state index >= 15 is 0 Å². The van der Waals surface area contributed by atoms with Crippen LogP contribution in [0.4, 0.5) is 9.18 Å². The molecule has 0 bridgehead atoms. The molecular weight excluding hydrogens is 263 g/mol. The Kier molecular flexibility index (Phi) is 3.17. The van der Waals surface area contributed by atoms with Crippen LogP contribution < -0.4 is 0 Å². The first-order valence-corrected chi connectivity index (χ1v) is 6.64. The molecule has 3 rings (SSSR count). The third-order valence-corrected chi connectivity index (χ3v) is 3.90. The summed E-state index contributed by atoms with van der Waals surface area (Å²) < 4.78 is 13.6. The van der Waals surface area contributed by atoms with E-state index in [-0.39, 0.29) is 24.0 Å². The van der Waals surface area contributed by atoms with Crippen molar-refractivity contribution in [3.05, 3.63) is 35.6 Å². The average Bonchev–Trinajstić information content (AvgIpc) is 2.99. The molecule has 1 aromatic rings. The van der Waals surface area contributed by atoms with Gasteiger partial charge in [-0.15, -0.1) is 0 Å². The van der Waals surface area contributed by atoms with Gasteiger partial charge in [0.25, 0.3) is 5.91 Å². The Morgan fingerprint density at radius 1 is 1.35 bits per heavy atom. The highest BCUT2D eigenvalue weighted by Crippen LogP contribution is 2.29. The number of carbonyl (C=O) groups is 2. The molecule has 0 saturated carbocycles. The molecule has 0 unspecified atom stereocenters. The summed E-state index contributed by atoms with van der Waals surface area (Å²) in [5.74, 6) is -0.831. The smallest absolute Gasteiger partial charge is 0.327 e. The summed E-state index contributed by atoms with van der Waals surface area (Å²) >= 11 is 0. The van der Waals surface area contributed by atoms with Crippen molar-refractivity contribution in [3.8, 4) is 0 Å². The summed E-state index contributed by atoms with van der Waals surface area (Å²) in [6.07, 6.45) is 0.284. The van der Waals surface area contributed by atoms with E-state index in [1.54, 1.807) is 6.07 Å². The van der Waals surface area contributed by atoms with Gasteiger partial charge >= 0.3 is 6.03 Å². The van der Waals surface area contributed by atoms with E-state index in [2.05, 4.69) is 0 Å². The maximum Gasteiger partial charge on any atom is 0.327 e. The molecule has 106 valence electrons. The van der Waals surface area contributed by atoms with E-state index in [0.717, 1.165) is 11.3 Å². The Morgan fingerprint density at radius 3 is 2.80 bits per heavy atom. The maximum absolute atomic E-state index is 13.6. The Hall–Kier alpha value is -1.95. The molecule has 1 aromatic carbocycles. The van der Waals surface area contributed by atoms with Crippen molar-refractivity contribution < 1.29 is 19.1 Å². The number of halogens is 1. The molecule has 0 spiro atoms. The second kappa shape index (κ2) is 4.86. The van der Waals surface area contributed by atoms with Crippen LogP contribution >= 0.6 is 0 Å². The fourth-order valence-corrected chi connectivity index (χ4v) is 2.87. The number of aliphatic hydroxyl groups is 1. The minimum Gasteiger partial charge on any atom is -0.386 e. The van der Waals surface area contributed by atoms with E-state index in [0.29, 0.717) is 13.0 Å². The Balaban J connectivity index is 1.77. The number of urea groups is 1. The first-order valence-electron chi connectivity index (χ1n) is 6.64. The van der Waals surface area contributed by atoms with Crippen LogP contribution in [-0.2, 0) is 4.79 Å². The van der Waals surface area contributed by atoms with Crippen LogP contribution in [0.1, 0.15) is 24.5 Å². The number of imide groups is 1. The largest absolute Gasteiger partial charge is 0.386 e. The van der Waals surface area contributed by atoms with Gasteiger partial charge in [0.1, 0.15) is 11.9 Å². The SMILES string of the molecule is O=C1[C@H]2CCCN2C(=O)N1C[C@@H](O)c1ccccc1F. The molecule has 6 heteroatoms. The molecule has 1 N–H and O–H groups in total. The summed E-state index contributed by atoms with van der Waals surface area (Å²) in [6, 6.07) is 5.04. The van der Waals surface area contributed by atoms with Crippen LogP contribution in [0.2, 0.25) is 0 Å². The molecule has 5 nitrogen and oxygen atoms in total. The Morgan fingerprint density at radius 2 is 2.10 bits per heavy atom. The van der Waals surface area contributed by atoms with Gasteiger partial charge in [0.2, 0.25) is 0 Å². The summed E-state index contributed by atoms with van der Waals surface area (Å²) in [7, 11) is 0. The molecule has 2 aliphatic rings. The zero-order chi connectivity index (χ0) is 14.3. The molecule has 2 heterocycles. The van der Waals surface area contributed by atoms with Gasteiger partial charge in [-0.3, -0.25) is 9.69 Å². The zero-order valence-corrected chi connectivity index (χ0v) is 10.8. The van der Waals surface area contributed by atoms with Crippen LogP contribution in [0.25, 0.3) is 0 Å². The molecule has 0 radical (unpaired) electrons. The number of β-amino-alcohol motifs (C(OH)–C–C–N with tert-alkyl or cyclic N) is 1. The van der Waals surface area contributed by atoms with Crippen molar-refractivity contribution in [2.45, 2.75) is 25.0 Å². The van der Waals surface area contributed by atoms with Gasteiger partial charge < -0.3 is 10.0 Å². The summed E-state index contributed by atoms with van der Waals surface area (Å²) in [6.45, 7) is 0.368. The fourth-order valence-electron chi connectivity index (χ4n) is 2.87. The fraction of sp³-hybridized carbons (Fsp3) is 0.429. The molecule has 2 fully saturated rings. The molecule has 2 saturated heterocycles. The third-order valence-electron chi connectivity index (χ3n) is 3.90. The predicted octanol–water partition coefficient (Wildman–Crippen LogP) is 1.29. The first kappa shape index (κ1) is 13.1. The highest BCUT2D eigenvalue weighted by molar-refractivity contribution is 6.04. The van der Waals surface area contributed by atoms with Crippen molar-refractivity contribution in [2.24, 2.45) is 0 Å². The molecule has 0 aliphatic carbocycles. The minimum absolute atomic E-state index is 0.0974. The van der Waals surface area contributed by atoms with Gasteiger partial charge in [-0.2, -0.15) is 0 Å². The predicted molar refractivity (Wildman–Crippen MR) is 68.2 cm³/mol. The molecule has 3 amide bonds. The lowest BCUT2D eigenvalue weighted by Crippen LogP contribution is -2.36. The van der Waals surface area contributed by atoms with Gasteiger partial charge in [0.15, 0.2) is 0 Å². The molecular formula is C14H15FN2O3. The second-order valence-electron chi connectivity index (χ2n) is 5.12. The third kappa shape index (κ3) is 1.96. The van der Waals surface area contributed by atoms with Crippen molar-refractivity contribution in [3.63, 3.8) is 0 Å². The molecule has 0 aromatic heterocycles. The maximum atomic E-state index is 13.6. The normalized spacial score (nSPS) is 23.4. The summed E-state index contributed by atoms with van der Waals surface area (Å²) in [5, 5.41) is 10.1. The van der Waals surface area contributed by atoms with Crippen molar-refractivity contribution in [1.29, 1.82) is 0 Å². The number of amides is 3. The lowest BCUT2D eigenvalue weighted by molar-refractivity contribution is -0.129. The standard InChI is InChI=1S/C14H15FN2O3/c15-10-5-2-1-4-9(10)12(18)8-17-13(19)11-6-3-7-16(11)14(17)20/h1-2,4-5,11-12,18H,3,6-8H2/t11-,12-/m1/s1.